The number of hydrogen-bond donors (Lipinski definition) is 1. The maximum absolute atomic E-state index is 12.9. The summed E-state index contributed by atoms with van der Waals surface area (Å²) in [4.78, 5) is 21.8. The summed E-state index contributed by atoms with van der Waals surface area (Å²) in [7, 11) is 0. The minimum atomic E-state index is -0.330. The Morgan fingerprint density at radius 2 is 1.95 bits per heavy atom. The zero-order valence-electron chi connectivity index (χ0n) is 11.5. The van der Waals surface area contributed by atoms with Crippen LogP contribution in [0.25, 0.3) is 0 Å². The van der Waals surface area contributed by atoms with E-state index in [1.165, 1.54) is 36.3 Å². The Morgan fingerprint density at radius 3 is 2.57 bits per heavy atom. The molecule has 0 atom stereocenters. The van der Waals surface area contributed by atoms with Gasteiger partial charge in [0.25, 0.3) is 0 Å². The fourth-order valence-electron chi connectivity index (χ4n) is 1.78. The molecule has 1 amide bonds. The molecule has 2 aromatic rings. The average Bonchev–Trinajstić information content (AvgIpc) is 2.49. The number of hydrogen-bond acceptors (Lipinski definition) is 5. The molecule has 2 rings (SSSR count). The van der Waals surface area contributed by atoms with Crippen molar-refractivity contribution in [1.29, 1.82) is 0 Å². The van der Waals surface area contributed by atoms with Gasteiger partial charge in [-0.3, -0.25) is 4.79 Å². The van der Waals surface area contributed by atoms with E-state index in [1.807, 2.05) is 6.92 Å². The van der Waals surface area contributed by atoms with Gasteiger partial charge in [0.15, 0.2) is 5.82 Å². The van der Waals surface area contributed by atoms with Crippen LogP contribution in [-0.2, 0) is 4.79 Å². The van der Waals surface area contributed by atoms with Crippen molar-refractivity contribution >= 4 is 29.2 Å². The van der Waals surface area contributed by atoms with Crippen molar-refractivity contribution in [1.82, 2.24) is 9.97 Å². The molecule has 7 heteroatoms. The summed E-state index contributed by atoms with van der Waals surface area (Å²) >= 11 is 1.23. The summed E-state index contributed by atoms with van der Waals surface area (Å²) in [5.74, 6) is 0.0666. The van der Waals surface area contributed by atoms with Gasteiger partial charge in [-0.15, -0.1) is 0 Å². The van der Waals surface area contributed by atoms with Crippen LogP contribution in [0.5, 0.6) is 0 Å². The molecular weight excluding hydrogens is 291 g/mol. The van der Waals surface area contributed by atoms with Gasteiger partial charge in [-0.1, -0.05) is 11.8 Å². The molecule has 0 aliphatic rings. The Kier molecular flexibility index (Phi) is 5.10. The number of amides is 1. The van der Waals surface area contributed by atoms with E-state index in [2.05, 4.69) is 9.97 Å². The number of benzene rings is 1. The molecule has 0 spiro atoms. The van der Waals surface area contributed by atoms with Crippen molar-refractivity contribution in [3.63, 3.8) is 0 Å². The average molecular weight is 306 g/mol. The van der Waals surface area contributed by atoms with Crippen molar-refractivity contribution in [2.45, 2.75) is 11.9 Å². The van der Waals surface area contributed by atoms with Gasteiger partial charge in [-0.2, -0.15) is 0 Å². The summed E-state index contributed by atoms with van der Waals surface area (Å²) in [5, 5.41) is 0.529. The molecule has 0 aliphatic carbocycles. The second-order valence-corrected chi connectivity index (χ2v) is 5.11. The maximum atomic E-state index is 12.9. The quantitative estimate of drug-likeness (QED) is 0.858. The lowest BCUT2D eigenvalue weighted by atomic mass is 10.3. The summed E-state index contributed by atoms with van der Waals surface area (Å²) in [6.07, 6.45) is 3.03. The number of carbonyl (C=O) groups excluding carboxylic acids is 1. The second kappa shape index (κ2) is 7.03. The van der Waals surface area contributed by atoms with Crippen molar-refractivity contribution in [3.8, 4) is 0 Å². The predicted octanol–water partition coefficient (Wildman–Crippen LogP) is 2.34. The highest BCUT2D eigenvalue weighted by Gasteiger charge is 2.15. The van der Waals surface area contributed by atoms with Crippen LogP contribution in [0.3, 0.4) is 0 Å². The highest BCUT2D eigenvalue weighted by molar-refractivity contribution is 8.00. The zero-order valence-corrected chi connectivity index (χ0v) is 12.3. The molecule has 0 radical (unpaired) electrons. The molecule has 2 N–H and O–H groups in total. The van der Waals surface area contributed by atoms with Gasteiger partial charge in [-0.25, -0.2) is 14.4 Å². The lowest BCUT2D eigenvalue weighted by Gasteiger charge is -2.20. The van der Waals surface area contributed by atoms with E-state index in [0.29, 0.717) is 23.1 Å². The number of halogens is 1. The van der Waals surface area contributed by atoms with Crippen molar-refractivity contribution in [2.24, 2.45) is 0 Å². The van der Waals surface area contributed by atoms with E-state index in [0.717, 1.165) is 0 Å². The van der Waals surface area contributed by atoms with Crippen LogP contribution in [0.15, 0.2) is 41.7 Å². The van der Waals surface area contributed by atoms with Gasteiger partial charge < -0.3 is 10.6 Å². The molecule has 0 saturated carbocycles. The number of anilines is 2. The first-order valence-corrected chi connectivity index (χ1v) is 7.35. The van der Waals surface area contributed by atoms with Crippen LogP contribution in [-0.4, -0.2) is 28.2 Å². The van der Waals surface area contributed by atoms with Crippen molar-refractivity contribution in [3.05, 3.63) is 42.5 Å². The van der Waals surface area contributed by atoms with Crippen LogP contribution in [0.2, 0.25) is 0 Å². The Balaban J connectivity index is 2.04. The number of thioether (sulfide) groups is 1. The van der Waals surface area contributed by atoms with Crippen LogP contribution in [0.1, 0.15) is 6.92 Å². The third-order valence-corrected chi connectivity index (χ3v) is 3.76. The zero-order chi connectivity index (χ0) is 15.2. The van der Waals surface area contributed by atoms with Gasteiger partial charge >= 0.3 is 0 Å². The molecule has 0 fully saturated rings. The normalized spacial score (nSPS) is 10.4. The Bertz CT molecular complexity index is 621. The van der Waals surface area contributed by atoms with Crippen molar-refractivity contribution in [2.75, 3.05) is 22.9 Å². The lowest BCUT2D eigenvalue weighted by Crippen LogP contribution is -2.32. The molecule has 0 unspecified atom stereocenters. The Morgan fingerprint density at radius 1 is 1.29 bits per heavy atom. The molecule has 0 aliphatic heterocycles. The smallest absolute Gasteiger partial charge is 0.237 e. The summed E-state index contributed by atoms with van der Waals surface area (Å²) in [5.41, 5.74) is 6.35. The molecule has 21 heavy (non-hydrogen) atoms. The monoisotopic (exact) mass is 306 g/mol. The van der Waals surface area contributed by atoms with Gasteiger partial charge in [0, 0.05) is 24.6 Å². The highest BCUT2D eigenvalue weighted by atomic mass is 32.2. The second-order valence-electron chi connectivity index (χ2n) is 4.15. The van der Waals surface area contributed by atoms with Gasteiger partial charge in [-0.05, 0) is 31.2 Å². The Hall–Kier alpha value is -2.15. The third kappa shape index (κ3) is 3.91. The molecular formula is C14H15FN4OS. The van der Waals surface area contributed by atoms with E-state index in [-0.39, 0.29) is 17.5 Å². The van der Waals surface area contributed by atoms with Gasteiger partial charge in [0.1, 0.15) is 10.8 Å². The molecule has 110 valence electrons. The van der Waals surface area contributed by atoms with Crippen molar-refractivity contribution < 1.29 is 9.18 Å². The Labute approximate surface area is 126 Å². The molecule has 1 aromatic heterocycles. The number of nitrogens with zero attached hydrogens (tertiary/aromatic N) is 3. The molecule has 5 nitrogen and oxygen atoms in total. The van der Waals surface area contributed by atoms with Gasteiger partial charge in [0.2, 0.25) is 5.91 Å². The minimum absolute atomic E-state index is 0.0980. The predicted molar refractivity (Wildman–Crippen MR) is 81.6 cm³/mol. The van der Waals surface area contributed by atoms with E-state index >= 15 is 0 Å². The summed E-state index contributed by atoms with van der Waals surface area (Å²) in [6.45, 7) is 2.36. The maximum Gasteiger partial charge on any atom is 0.237 e. The first-order chi connectivity index (χ1) is 10.1. The lowest BCUT2D eigenvalue weighted by molar-refractivity contribution is -0.116. The number of nitrogens with two attached hydrogens (primary N) is 1. The molecule has 0 bridgehead atoms. The summed E-state index contributed by atoms with van der Waals surface area (Å²) < 4.78 is 12.9. The topological polar surface area (TPSA) is 72.1 Å². The molecule has 0 saturated heterocycles. The van der Waals surface area contributed by atoms with Gasteiger partial charge in [0.05, 0.1) is 5.75 Å². The standard InChI is InChI=1S/C14H15FN4OS/c1-2-19(11-5-3-10(15)4-6-11)12(20)9-21-14-13(16)17-7-8-18-14/h3-8H,2,9H2,1H3,(H2,16,17). The van der Waals surface area contributed by atoms with E-state index in [1.54, 1.807) is 17.0 Å². The van der Waals surface area contributed by atoms with E-state index in [9.17, 15) is 9.18 Å². The van der Waals surface area contributed by atoms with Crippen LogP contribution >= 0.6 is 11.8 Å². The SMILES string of the molecule is CCN(C(=O)CSc1nccnc1N)c1ccc(F)cc1. The summed E-state index contributed by atoms with van der Waals surface area (Å²) in [6, 6.07) is 5.83. The fourth-order valence-corrected chi connectivity index (χ4v) is 2.53. The molecule has 1 aromatic carbocycles. The third-order valence-electron chi connectivity index (χ3n) is 2.78. The fraction of sp³-hybridized carbons (Fsp3) is 0.214. The number of nitrogen functional groups attached to an aromatic ring is 1. The number of rotatable bonds is 5. The first kappa shape index (κ1) is 15.2. The highest BCUT2D eigenvalue weighted by Crippen LogP contribution is 2.22. The first-order valence-electron chi connectivity index (χ1n) is 6.37. The van der Waals surface area contributed by atoms with Crippen LogP contribution in [0, 0.1) is 5.82 Å². The van der Waals surface area contributed by atoms with Crippen LogP contribution in [0.4, 0.5) is 15.9 Å². The van der Waals surface area contributed by atoms with E-state index < -0.39 is 0 Å². The number of aromatic nitrogens is 2. The number of carbonyl (C=O) groups is 1. The van der Waals surface area contributed by atoms with Crippen LogP contribution < -0.4 is 10.6 Å². The molecule has 1 heterocycles. The minimum Gasteiger partial charge on any atom is -0.381 e. The van der Waals surface area contributed by atoms with E-state index in [4.69, 9.17) is 5.73 Å². The largest absolute Gasteiger partial charge is 0.381 e.